The molecule has 196 valence electrons. The molecule has 37 heavy (non-hydrogen) atoms. The Kier molecular flexibility index (Phi) is 7.16. The number of phosphoric acid groups is 1. The molecule has 1 unspecified atom stereocenters. The van der Waals surface area contributed by atoms with Gasteiger partial charge in [-0.15, -0.1) is 6.42 Å². The number of nitrogens with two attached hydrogens (primary N) is 1. The van der Waals surface area contributed by atoms with Gasteiger partial charge in [-0.25, -0.2) is 18.5 Å². The average Bonchev–Trinajstić information content (AvgIpc) is 3.49. The highest BCUT2D eigenvalue weighted by molar-refractivity contribution is 7.47. The van der Waals surface area contributed by atoms with Crippen molar-refractivity contribution in [2.24, 2.45) is 0 Å². The molecule has 0 amide bonds. The summed E-state index contributed by atoms with van der Waals surface area (Å²) in [5, 5.41) is 0. The third kappa shape index (κ3) is 5.70. The van der Waals surface area contributed by atoms with E-state index in [2.05, 4.69) is 15.9 Å². The summed E-state index contributed by atoms with van der Waals surface area (Å²) >= 11 is 0. The number of phosphoric ester groups is 1. The highest BCUT2D eigenvalue weighted by Crippen LogP contribution is 2.45. The molecule has 0 aliphatic carbocycles. The van der Waals surface area contributed by atoms with Gasteiger partial charge in [0.15, 0.2) is 29.7 Å². The maximum absolute atomic E-state index is 13.7. The second-order valence-electron chi connectivity index (χ2n) is 8.03. The van der Waals surface area contributed by atoms with Crippen LogP contribution < -0.4 is 22.7 Å². The van der Waals surface area contributed by atoms with Crippen LogP contribution in [0.2, 0.25) is 0 Å². The number of hydrogen-bond acceptors (Lipinski definition) is 10. The maximum atomic E-state index is 13.7. The fraction of sp³-hybridized carbons (Fsp3) is 0.333. The van der Waals surface area contributed by atoms with E-state index in [1.165, 1.54) is 37.4 Å². The first-order valence-electron chi connectivity index (χ1n) is 10.6. The van der Waals surface area contributed by atoms with Crippen LogP contribution in [-0.2, 0) is 23.1 Å². The lowest BCUT2D eigenvalue weighted by Gasteiger charge is -2.25. The summed E-state index contributed by atoms with van der Waals surface area (Å²) in [6, 6.07) is 0. The van der Waals surface area contributed by atoms with Crippen molar-refractivity contribution in [2.75, 3.05) is 18.9 Å². The number of nitrogen functional groups attached to an aromatic ring is 1. The van der Waals surface area contributed by atoms with Crippen LogP contribution in [0.25, 0.3) is 0 Å². The zero-order chi connectivity index (χ0) is 27.0. The minimum Gasteiger partial charge on any atom is -0.381 e. The van der Waals surface area contributed by atoms with E-state index in [-0.39, 0.29) is 5.56 Å². The first kappa shape index (κ1) is 26.4. The molecule has 4 rings (SSSR count). The molecule has 0 spiro atoms. The molecular formula is C21H21FN5O9P. The smallest absolute Gasteiger partial charge is 0.381 e. The van der Waals surface area contributed by atoms with Crippen LogP contribution in [0.4, 0.5) is 10.2 Å². The van der Waals surface area contributed by atoms with Gasteiger partial charge in [0.25, 0.3) is 5.56 Å². The Morgan fingerprint density at radius 2 is 2.03 bits per heavy atom. The number of anilines is 1. The number of H-pyrrole nitrogens is 1. The molecule has 4 heterocycles. The lowest BCUT2D eigenvalue weighted by atomic mass is 10.1. The third-order valence-corrected chi connectivity index (χ3v) is 6.31. The second-order valence-corrected chi connectivity index (χ2v) is 9.49. The number of terminal acetylenes is 1. The van der Waals surface area contributed by atoms with Crippen molar-refractivity contribution in [3.05, 3.63) is 79.4 Å². The van der Waals surface area contributed by atoms with E-state index in [9.17, 15) is 28.2 Å². The lowest BCUT2D eigenvalue weighted by molar-refractivity contribution is -0.0538. The highest BCUT2D eigenvalue weighted by Gasteiger charge is 2.39. The third-order valence-electron chi connectivity index (χ3n) is 5.38. The molecule has 5 atom stereocenters. The van der Waals surface area contributed by atoms with Crippen LogP contribution in [-0.4, -0.2) is 48.9 Å². The van der Waals surface area contributed by atoms with E-state index in [1.807, 2.05) is 0 Å². The van der Waals surface area contributed by atoms with Gasteiger partial charge in [0.2, 0.25) is 0 Å². The number of aromatic amines is 1. The van der Waals surface area contributed by atoms with E-state index in [4.69, 9.17) is 30.7 Å². The van der Waals surface area contributed by atoms with Crippen LogP contribution in [0.1, 0.15) is 18.0 Å². The van der Waals surface area contributed by atoms with E-state index in [0.29, 0.717) is 0 Å². The zero-order valence-electron chi connectivity index (χ0n) is 19.1. The fourth-order valence-electron chi connectivity index (χ4n) is 3.43. The standard InChI is InChI=1S/C21H21FN5O9P/c1-3-21(7-6-16(36-21)26-8-12(2)18(28)25-20(26)30)11-34-37(31,32)33-10-13-4-5-15(35-13)27-9-14(22)17(23)24-19(27)29/h1,4-9,13,15-16H,10-11H2,2H3,(H,31,32)(H2,23,24,29)(H,25,28,30)/t13-,15+,16-,21+/m1/s1. The van der Waals surface area contributed by atoms with Gasteiger partial charge in [0.1, 0.15) is 12.7 Å². The largest absolute Gasteiger partial charge is 0.472 e. The number of rotatable bonds is 8. The van der Waals surface area contributed by atoms with Crippen LogP contribution in [0.15, 0.2) is 51.1 Å². The van der Waals surface area contributed by atoms with Crippen molar-refractivity contribution in [1.82, 2.24) is 19.1 Å². The molecule has 0 fully saturated rings. The Balaban J connectivity index is 1.33. The predicted octanol–water partition coefficient (Wildman–Crippen LogP) is -0.133. The molecule has 0 radical (unpaired) electrons. The summed E-state index contributed by atoms with van der Waals surface area (Å²) in [6.45, 7) is 0.422. The Hall–Kier alpha value is -3.64. The number of halogens is 1. The van der Waals surface area contributed by atoms with Crippen molar-refractivity contribution >= 4 is 13.6 Å². The van der Waals surface area contributed by atoms with Crippen LogP contribution in [0.3, 0.4) is 0 Å². The van der Waals surface area contributed by atoms with Gasteiger partial charge in [0.05, 0.1) is 12.8 Å². The van der Waals surface area contributed by atoms with E-state index in [0.717, 1.165) is 15.3 Å². The summed E-state index contributed by atoms with van der Waals surface area (Å²) in [5.41, 5.74) is 1.76. The first-order chi connectivity index (χ1) is 17.4. The first-order valence-corrected chi connectivity index (χ1v) is 12.1. The van der Waals surface area contributed by atoms with Gasteiger partial charge in [-0.05, 0) is 25.2 Å². The molecular weight excluding hydrogens is 516 g/mol. The van der Waals surface area contributed by atoms with E-state index in [1.54, 1.807) is 0 Å². The Bertz CT molecular complexity index is 1540. The van der Waals surface area contributed by atoms with E-state index >= 15 is 0 Å². The van der Waals surface area contributed by atoms with Gasteiger partial charge >= 0.3 is 19.2 Å². The van der Waals surface area contributed by atoms with Gasteiger partial charge < -0.3 is 20.1 Å². The predicted molar refractivity (Wildman–Crippen MR) is 125 cm³/mol. The molecule has 4 N–H and O–H groups in total. The summed E-state index contributed by atoms with van der Waals surface area (Å²) in [7, 11) is -4.68. The van der Waals surface area contributed by atoms with Gasteiger partial charge in [-0.1, -0.05) is 12.0 Å². The topological polar surface area (TPSA) is 190 Å². The minimum absolute atomic E-state index is 0.257. The summed E-state index contributed by atoms with van der Waals surface area (Å²) in [6.07, 6.45) is 10.4. The average molecular weight is 537 g/mol. The van der Waals surface area contributed by atoms with Gasteiger partial charge in [-0.2, -0.15) is 4.98 Å². The quantitative estimate of drug-likeness (QED) is 0.231. The zero-order valence-corrected chi connectivity index (χ0v) is 20.0. The Morgan fingerprint density at radius 3 is 2.76 bits per heavy atom. The number of hydrogen-bond donors (Lipinski definition) is 3. The highest BCUT2D eigenvalue weighted by atomic mass is 31.2. The molecule has 0 saturated carbocycles. The molecule has 2 aliphatic rings. The molecule has 16 heteroatoms. The van der Waals surface area contributed by atoms with Crippen molar-refractivity contribution in [2.45, 2.75) is 31.1 Å². The van der Waals surface area contributed by atoms with Crippen molar-refractivity contribution in [3.8, 4) is 12.3 Å². The minimum atomic E-state index is -4.68. The summed E-state index contributed by atoms with van der Waals surface area (Å²) in [5.74, 6) is 0.833. The molecule has 0 bridgehead atoms. The van der Waals surface area contributed by atoms with Crippen molar-refractivity contribution in [1.29, 1.82) is 0 Å². The Labute approximate surface area is 207 Å². The van der Waals surface area contributed by atoms with Crippen LogP contribution in [0.5, 0.6) is 0 Å². The van der Waals surface area contributed by atoms with Crippen molar-refractivity contribution < 1.29 is 32.4 Å². The molecule has 2 aromatic rings. The number of aryl methyl sites for hydroxylation is 1. The number of nitrogens with one attached hydrogen (secondary N) is 1. The molecule has 14 nitrogen and oxygen atoms in total. The van der Waals surface area contributed by atoms with E-state index < -0.39 is 73.8 Å². The number of aromatic nitrogens is 4. The van der Waals surface area contributed by atoms with Gasteiger partial charge in [-0.3, -0.25) is 28.0 Å². The SMILES string of the molecule is C#C[C@@]1(COP(=O)(O)OC[C@H]2C=C[C@@H](n3cc(F)c(N)nc3=O)O2)C=C[C@H](n2cc(C)c(=O)[nH]c2=O)O1. The number of nitrogens with zero attached hydrogens (tertiary/aromatic N) is 3. The normalized spacial score (nSPS) is 26.3. The number of ether oxygens (including phenoxy) is 2. The Morgan fingerprint density at radius 1 is 1.27 bits per heavy atom. The second kappa shape index (κ2) is 10.0. The summed E-state index contributed by atoms with van der Waals surface area (Å²) in [4.78, 5) is 51.2. The molecule has 0 aromatic carbocycles. The molecule has 2 aliphatic heterocycles. The van der Waals surface area contributed by atoms with Gasteiger partial charge in [0, 0.05) is 11.8 Å². The maximum Gasteiger partial charge on any atom is 0.472 e. The molecule has 2 aromatic heterocycles. The monoisotopic (exact) mass is 537 g/mol. The fourth-order valence-corrected chi connectivity index (χ4v) is 4.19. The van der Waals surface area contributed by atoms with Crippen LogP contribution in [0, 0.1) is 25.1 Å². The summed E-state index contributed by atoms with van der Waals surface area (Å²) < 4.78 is 49.2. The van der Waals surface area contributed by atoms with Crippen molar-refractivity contribution in [3.63, 3.8) is 0 Å². The van der Waals surface area contributed by atoms with Crippen LogP contribution >= 0.6 is 7.82 Å². The molecule has 0 saturated heterocycles. The lowest BCUT2D eigenvalue weighted by Crippen LogP contribution is -2.37.